The van der Waals surface area contributed by atoms with Crippen LogP contribution in [0.2, 0.25) is 5.02 Å². The minimum Gasteiger partial charge on any atom is -0.465 e. The van der Waals surface area contributed by atoms with E-state index in [2.05, 4.69) is 20.1 Å². The van der Waals surface area contributed by atoms with Crippen molar-refractivity contribution in [2.24, 2.45) is 0 Å². The zero-order valence-corrected chi connectivity index (χ0v) is 11.4. The number of methoxy groups -OCH3 is 1. The highest BCUT2D eigenvalue weighted by Crippen LogP contribution is 2.25. The van der Waals surface area contributed by atoms with Gasteiger partial charge in [-0.05, 0) is 13.0 Å². The van der Waals surface area contributed by atoms with Gasteiger partial charge in [0.2, 0.25) is 0 Å². The van der Waals surface area contributed by atoms with Gasteiger partial charge in [0, 0.05) is 6.20 Å². The summed E-state index contributed by atoms with van der Waals surface area (Å²) in [5, 5.41) is 12.1. The average Bonchev–Trinajstić information content (AvgIpc) is 3.03. The molecule has 0 spiro atoms. The van der Waals surface area contributed by atoms with Crippen LogP contribution in [0, 0.1) is 6.92 Å². The molecular formula is C12H9ClN4O3. The standard InChI is InChI=1S/C12H9ClN4O3/c1-6-8(4-14-20-6)10-15-16-11-9(13)3-7(5-17(10)11)12(18)19-2/h3-5H,1-2H3. The number of esters is 1. The van der Waals surface area contributed by atoms with Crippen LogP contribution in [-0.4, -0.2) is 32.8 Å². The number of carbonyl (C=O) groups is 1. The van der Waals surface area contributed by atoms with Crippen molar-refractivity contribution in [1.29, 1.82) is 0 Å². The van der Waals surface area contributed by atoms with Gasteiger partial charge in [-0.25, -0.2) is 4.79 Å². The Morgan fingerprint density at radius 1 is 1.45 bits per heavy atom. The van der Waals surface area contributed by atoms with Crippen LogP contribution in [-0.2, 0) is 4.74 Å². The van der Waals surface area contributed by atoms with E-state index in [1.807, 2.05) is 0 Å². The third-order valence-corrected chi connectivity index (χ3v) is 3.15. The van der Waals surface area contributed by atoms with Crippen LogP contribution in [0.3, 0.4) is 0 Å². The summed E-state index contributed by atoms with van der Waals surface area (Å²) in [4.78, 5) is 11.6. The van der Waals surface area contributed by atoms with E-state index in [0.717, 1.165) is 0 Å². The lowest BCUT2D eigenvalue weighted by atomic mass is 10.2. The molecule has 0 atom stereocenters. The summed E-state index contributed by atoms with van der Waals surface area (Å²) >= 11 is 6.11. The number of carbonyl (C=O) groups excluding carboxylic acids is 1. The molecule has 102 valence electrons. The third-order valence-electron chi connectivity index (χ3n) is 2.87. The molecule has 0 aliphatic rings. The van der Waals surface area contributed by atoms with Crippen molar-refractivity contribution < 1.29 is 14.1 Å². The number of hydrogen-bond acceptors (Lipinski definition) is 6. The zero-order chi connectivity index (χ0) is 14.3. The first-order valence-corrected chi connectivity index (χ1v) is 6.04. The SMILES string of the molecule is COC(=O)c1cc(Cl)c2nnc(-c3cnoc3C)n2c1. The van der Waals surface area contributed by atoms with E-state index in [-0.39, 0.29) is 0 Å². The molecule has 7 nitrogen and oxygen atoms in total. The fourth-order valence-corrected chi connectivity index (χ4v) is 2.13. The molecule has 0 bridgehead atoms. The molecule has 0 N–H and O–H groups in total. The molecule has 0 radical (unpaired) electrons. The lowest BCUT2D eigenvalue weighted by Crippen LogP contribution is -2.03. The van der Waals surface area contributed by atoms with E-state index in [0.29, 0.717) is 33.4 Å². The van der Waals surface area contributed by atoms with E-state index >= 15 is 0 Å². The highest BCUT2D eigenvalue weighted by atomic mass is 35.5. The van der Waals surface area contributed by atoms with Crippen LogP contribution >= 0.6 is 11.6 Å². The fraction of sp³-hybridized carbons (Fsp3) is 0.167. The second-order valence-electron chi connectivity index (χ2n) is 4.08. The largest absolute Gasteiger partial charge is 0.465 e. The van der Waals surface area contributed by atoms with Crippen LogP contribution in [0.25, 0.3) is 17.0 Å². The molecule has 0 unspecified atom stereocenters. The molecule has 3 heterocycles. The molecule has 0 fully saturated rings. The molecule has 0 aliphatic heterocycles. The number of aryl methyl sites for hydroxylation is 1. The van der Waals surface area contributed by atoms with Gasteiger partial charge in [0.05, 0.1) is 29.5 Å². The van der Waals surface area contributed by atoms with E-state index in [4.69, 9.17) is 16.1 Å². The first-order chi connectivity index (χ1) is 9.61. The summed E-state index contributed by atoms with van der Waals surface area (Å²) in [6, 6.07) is 1.49. The maximum atomic E-state index is 11.6. The maximum Gasteiger partial charge on any atom is 0.339 e. The Hall–Kier alpha value is -2.41. The molecular weight excluding hydrogens is 284 g/mol. The number of hydrogen-bond donors (Lipinski definition) is 0. The summed E-state index contributed by atoms with van der Waals surface area (Å²) in [6.45, 7) is 1.76. The number of ether oxygens (including phenoxy) is 1. The Morgan fingerprint density at radius 3 is 2.90 bits per heavy atom. The highest BCUT2D eigenvalue weighted by Gasteiger charge is 2.18. The van der Waals surface area contributed by atoms with Gasteiger partial charge in [-0.2, -0.15) is 0 Å². The number of fused-ring (bicyclic) bond motifs is 1. The lowest BCUT2D eigenvalue weighted by Gasteiger charge is -2.03. The number of pyridine rings is 1. The molecule has 0 aliphatic carbocycles. The molecule has 8 heteroatoms. The second kappa shape index (κ2) is 4.61. The second-order valence-corrected chi connectivity index (χ2v) is 4.49. The first kappa shape index (κ1) is 12.6. The van der Waals surface area contributed by atoms with Crippen LogP contribution in [0.15, 0.2) is 23.0 Å². The molecule has 3 rings (SSSR count). The summed E-state index contributed by atoms with van der Waals surface area (Å²) in [5.74, 6) is 0.598. The van der Waals surface area contributed by atoms with Crippen molar-refractivity contribution in [2.75, 3.05) is 7.11 Å². The summed E-state index contributed by atoms with van der Waals surface area (Å²) in [6.07, 6.45) is 3.10. The van der Waals surface area contributed by atoms with Crippen molar-refractivity contribution in [3.63, 3.8) is 0 Å². The Balaban J connectivity index is 2.28. The van der Waals surface area contributed by atoms with Crippen LogP contribution in [0.5, 0.6) is 0 Å². The molecule has 0 saturated heterocycles. The zero-order valence-electron chi connectivity index (χ0n) is 10.6. The van der Waals surface area contributed by atoms with Gasteiger partial charge in [-0.3, -0.25) is 4.40 Å². The van der Waals surface area contributed by atoms with Crippen LogP contribution < -0.4 is 0 Å². The van der Waals surface area contributed by atoms with Crippen LogP contribution in [0.1, 0.15) is 16.1 Å². The van der Waals surface area contributed by atoms with Crippen molar-refractivity contribution >= 4 is 23.2 Å². The third kappa shape index (κ3) is 1.83. The normalized spacial score (nSPS) is 10.9. The van der Waals surface area contributed by atoms with E-state index < -0.39 is 5.97 Å². The van der Waals surface area contributed by atoms with E-state index in [9.17, 15) is 4.79 Å². The minimum absolute atomic E-state index is 0.306. The Kier molecular flexibility index (Phi) is 2.90. The number of aromatic nitrogens is 4. The van der Waals surface area contributed by atoms with Gasteiger partial charge in [0.1, 0.15) is 5.76 Å². The summed E-state index contributed by atoms with van der Waals surface area (Å²) in [7, 11) is 1.30. The van der Waals surface area contributed by atoms with E-state index in [1.54, 1.807) is 17.5 Å². The topological polar surface area (TPSA) is 82.5 Å². The molecule has 0 aromatic carbocycles. The number of rotatable bonds is 2. The van der Waals surface area contributed by atoms with Crippen molar-refractivity contribution in [3.05, 3.63) is 34.8 Å². The molecule has 0 amide bonds. The number of nitrogens with zero attached hydrogens (tertiary/aromatic N) is 4. The van der Waals surface area contributed by atoms with Crippen molar-refractivity contribution in [1.82, 2.24) is 19.8 Å². The van der Waals surface area contributed by atoms with Gasteiger partial charge in [0.15, 0.2) is 11.5 Å². The average molecular weight is 293 g/mol. The number of halogens is 1. The van der Waals surface area contributed by atoms with E-state index in [1.165, 1.54) is 19.4 Å². The smallest absolute Gasteiger partial charge is 0.339 e. The Labute approximate surface area is 118 Å². The summed E-state index contributed by atoms with van der Waals surface area (Å²) in [5.41, 5.74) is 1.42. The molecule has 3 aromatic heterocycles. The highest BCUT2D eigenvalue weighted by molar-refractivity contribution is 6.33. The maximum absolute atomic E-state index is 11.6. The van der Waals surface area contributed by atoms with Crippen molar-refractivity contribution in [2.45, 2.75) is 6.92 Å². The van der Waals surface area contributed by atoms with Crippen molar-refractivity contribution in [3.8, 4) is 11.4 Å². The lowest BCUT2D eigenvalue weighted by molar-refractivity contribution is 0.0600. The first-order valence-electron chi connectivity index (χ1n) is 5.66. The quantitative estimate of drug-likeness (QED) is 0.673. The van der Waals surface area contributed by atoms with Gasteiger partial charge in [-0.1, -0.05) is 16.8 Å². The van der Waals surface area contributed by atoms with Gasteiger partial charge in [0.25, 0.3) is 0 Å². The summed E-state index contributed by atoms with van der Waals surface area (Å²) < 4.78 is 11.3. The Morgan fingerprint density at radius 2 is 2.25 bits per heavy atom. The van der Waals surface area contributed by atoms with Crippen LogP contribution in [0.4, 0.5) is 0 Å². The predicted molar refractivity (Wildman–Crippen MR) is 69.6 cm³/mol. The van der Waals surface area contributed by atoms with Gasteiger partial charge in [-0.15, -0.1) is 10.2 Å². The molecule has 0 saturated carbocycles. The predicted octanol–water partition coefficient (Wildman–Crippen LogP) is 2.13. The Bertz CT molecular complexity index is 808. The van der Waals surface area contributed by atoms with Gasteiger partial charge < -0.3 is 9.26 Å². The monoisotopic (exact) mass is 292 g/mol. The van der Waals surface area contributed by atoms with Gasteiger partial charge >= 0.3 is 5.97 Å². The minimum atomic E-state index is -0.490. The molecule has 20 heavy (non-hydrogen) atoms. The fourth-order valence-electron chi connectivity index (χ4n) is 1.88. The molecule has 3 aromatic rings.